The molecule has 0 amide bonds. The van der Waals surface area contributed by atoms with Crippen LogP contribution in [-0.2, 0) is 12.1 Å². The van der Waals surface area contributed by atoms with Crippen molar-refractivity contribution in [2.45, 2.75) is 138 Å². The van der Waals surface area contributed by atoms with E-state index in [4.69, 9.17) is 9.30 Å². The van der Waals surface area contributed by atoms with Crippen LogP contribution in [0.25, 0.3) is 14.6 Å². The fourth-order valence-corrected chi connectivity index (χ4v) is 19.5. The van der Waals surface area contributed by atoms with Crippen LogP contribution in [0, 0.1) is 41.7 Å². The summed E-state index contributed by atoms with van der Waals surface area (Å²) in [6.07, 6.45) is 6.39. The number of hydrogen-bond acceptors (Lipinski definition) is 0. The van der Waals surface area contributed by atoms with Crippen molar-refractivity contribution < 1.29 is 46.3 Å². The Bertz CT molecular complexity index is 633. The first-order valence-electron chi connectivity index (χ1n) is 12.8. The number of imidazole rings is 1. The van der Waals surface area contributed by atoms with E-state index >= 15 is 0 Å². The molecule has 1 aromatic rings. The van der Waals surface area contributed by atoms with Gasteiger partial charge in [-0.15, -0.1) is 12.1 Å². The maximum atomic E-state index is 4.82. The first-order valence-corrected chi connectivity index (χ1v) is 26.6. The molecule has 1 heterocycles. The molecular formula is C25H61CeN5Si4+. The predicted molar refractivity (Wildman–Crippen MR) is 168 cm³/mol. The van der Waals surface area contributed by atoms with Gasteiger partial charge in [-0.3, -0.25) is 0 Å². The molecule has 0 aliphatic carbocycles. The summed E-state index contributed by atoms with van der Waals surface area (Å²) in [5.41, 5.74) is 0.236. The van der Waals surface area contributed by atoms with E-state index in [0.717, 1.165) is 13.1 Å². The molecule has 0 saturated carbocycles. The summed E-state index contributed by atoms with van der Waals surface area (Å²) >= 11 is 0. The summed E-state index contributed by atoms with van der Waals surface area (Å²) in [5.74, 6) is 0. The molecule has 0 N–H and O–H groups in total. The molecule has 0 aromatic carbocycles. The van der Waals surface area contributed by atoms with Gasteiger partial charge in [0.25, 0.3) is 0 Å². The molecule has 35 heavy (non-hydrogen) atoms. The molecule has 0 atom stereocenters. The molecule has 0 aliphatic rings. The van der Waals surface area contributed by atoms with E-state index in [1.807, 2.05) is 0 Å². The molecule has 0 spiro atoms. The molecule has 0 bridgehead atoms. The summed E-state index contributed by atoms with van der Waals surface area (Å²) in [5, 5.41) is 4.59. The van der Waals surface area contributed by atoms with Gasteiger partial charge in [0.2, 0.25) is 6.33 Å². The maximum absolute atomic E-state index is 4.82. The van der Waals surface area contributed by atoms with Crippen molar-refractivity contribution in [1.82, 2.24) is 4.57 Å². The average Bonchev–Trinajstić information content (AvgIpc) is 2.87. The number of rotatable bonds is 7. The molecule has 0 fully saturated rings. The molecule has 1 rings (SSSR count). The van der Waals surface area contributed by atoms with Gasteiger partial charge in [0.1, 0.15) is 17.9 Å². The predicted octanol–water partition coefficient (Wildman–Crippen LogP) is 8.76. The third-order valence-corrected chi connectivity index (χ3v) is 14.5. The van der Waals surface area contributed by atoms with Gasteiger partial charge in [-0.1, -0.05) is 132 Å². The normalized spacial score (nSPS) is 13.2. The van der Waals surface area contributed by atoms with Crippen LogP contribution >= 0.6 is 0 Å². The minimum absolute atomic E-state index is 0. The summed E-state index contributed by atoms with van der Waals surface area (Å²) in [4.78, 5) is 0. The first kappa shape index (κ1) is 40.8. The Morgan fingerprint density at radius 3 is 1.20 bits per heavy atom. The number of nitrogens with zero attached hydrogens (tertiary/aromatic N) is 5. The van der Waals surface area contributed by atoms with Crippen molar-refractivity contribution in [3.63, 3.8) is 0 Å². The first-order chi connectivity index (χ1) is 14.6. The largest absolute Gasteiger partial charge is 3.00 e. The molecule has 205 valence electrons. The zero-order chi connectivity index (χ0) is 27.8. The van der Waals surface area contributed by atoms with Crippen molar-refractivity contribution in [3.8, 4) is 0 Å². The second-order valence-corrected chi connectivity index (χ2v) is 34.3. The van der Waals surface area contributed by atoms with Gasteiger partial charge < -0.3 is 14.6 Å². The Hall–Kier alpha value is 1.33. The Morgan fingerprint density at radius 2 is 1.00 bits per heavy atom. The van der Waals surface area contributed by atoms with E-state index in [0.29, 0.717) is 0 Å². The smallest absolute Gasteiger partial charge is 0.668 e. The minimum Gasteiger partial charge on any atom is -0.668 e. The van der Waals surface area contributed by atoms with Gasteiger partial charge in [0.15, 0.2) is 0 Å². The minimum atomic E-state index is -1.11. The number of hydrogen-bond donors (Lipinski definition) is 0. The molecule has 10 heteroatoms. The van der Waals surface area contributed by atoms with Crippen LogP contribution in [0.2, 0.25) is 78.6 Å². The summed E-state index contributed by atoms with van der Waals surface area (Å²) in [6, 6.07) is 0. The van der Waals surface area contributed by atoms with E-state index < -0.39 is 32.9 Å². The summed E-state index contributed by atoms with van der Waals surface area (Å²) in [7, 11) is -4.42. The van der Waals surface area contributed by atoms with Gasteiger partial charge in [0, 0.05) is 0 Å². The van der Waals surface area contributed by atoms with Crippen LogP contribution in [0.4, 0.5) is 0 Å². The standard InChI is InChI=1S/C13H25N3.2C6H18NSi2.Ce/c1-12(2,3)14-7-8-15-9-10-16(11-15)13(4,5)6;2*1-8(2,3)7-9(4,5)6;/h9-11H,7-8H2,1-6H3;2*1-6H3;/q;2*-1;+3. The summed E-state index contributed by atoms with van der Waals surface area (Å²) < 4.78 is 14.1. The Labute approximate surface area is 259 Å². The van der Waals surface area contributed by atoms with Crippen LogP contribution in [0.15, 0.2) is 18.7 Å². The van der Waals surface area contributed by atoms with Gasteiger partial charge in [-0.2, -0.15) is 0 Å². The third kappa shape index (κ3) is 31.4. The molecule has 0 aliphatic heterocycles. The van der Waals surface area contributed by atoms with Crippen LogP contribution in [0.5, 0.6) is 0 Å². The third-order valence-electron chi connectivity index (χ3n) is 3.75. The molecule has 0 saturated heterocycles. The average molecular weight is 684 g/mol. The molecular weight excluding hydrogens is 623 g/mol. The fourth-order valence-electron chi connectivity index (χ4n) is 3.44. The zero-order valence-electron chi connectivity index (χ0n) is 26.9. The quantitative estimate of drug-likeness (QED) is 0.204. The topological polar surface area (TPSA) is 51.1 Å². The monoisotopic (exact) mass is 683 g/mol. The molecule has 1 aromatic heterocycles. The van der Waals surface area contributed by atoms with Crippen molar-refractivity contribution in [2.24, 2.45) is 0 Å². The van der Waals surface area contributed by atoms with E-state index in [-0.39, 0.29) is 52.8 Å². The van der Waals surface area contributed by atoms with Crippen LogP contribution < -0.4 is 4.57 Å². The Kier molecular flexibility index (Phi) is 18.4. The molecule has 1 radical (unpaired) electrons. The van der Waals surface area contributed by atoms with E-state index in [1.165, 1.54) is 0 Å². The van der Waals surface area contributed by atoms with Gasteiger partial charge in [0.05, 0.1) is 6.54 Å². The van der Waals surface area contributed by atoms with Crippen LogP contribution in [-0.4, -0.2) is 49.6 Å². The van der Waals surface area contributed by atoms with E-state index in [2.05, 4.69) is 153 Å². The number of aromatic nitrogens is 2. The second-order valence-electron chi connectivity index (χ2n) is 15.2. The molecule has 0 unspecified atom stereocenters. The SMILES string of the molecule is CC(C)(C)[N-]CC[n+]1ccn(C(C)(C)C)c1.C[Si](C)(C)[N-][Si](C)(C)C.C[Si](C)(C)[N-][Si](C)(C)C.[Ce+3]. The summed E-state index contributed by atoms with van der Waals surface area (Å²) in [6.45, 7) is 42.4. The van der Waals surface area contributed by atoms with Crippen molar-refractivity contribution in [1.29, 1.82) is 0 Å². The van der Waals surface area contributed by atoms with E-state index in [9.17, 15) is 0 Å². The Morgan fingerprint density at radius 1 is 0.657 bits per heavy atom. The van der Waals surface area contributed by atoms with Crippen LogP contribution in [0.1, 0.15) is 41.5 Å². The Balaban J connectivity index is -0.000000466. The van der Waals surface area contributed by atoms with Gasteiger partial charge in [-0.05, 0) is 20.8 Å². The maximum Gasteiger partial charge on any atom is 3.00 e. The van der Waals surface area contributed by atoms with Crippen molar-refractivity contribution in [3.05, 3.63) is 33.3 Å². The fraction of sp³-hybridized carbons (Fsp3) is 0.880. The van der Waals surface area contributed by atoms with Crippen molar-refractivity contribution >= 4 is 32.9 Å². The van der Waals surface area contributed by atoms with E-state index in [1.54, 1.807) is 0 Å². The van der Waals surface area contributed by atoms with Crippen molar-refractivity contribution in [2.75, 3.05) is 6.54 Å². The van der Waals surface area contributed by atoms with Crippen LogP contribution in [0.3, 0.4) is 0 Å². The second kappa shape index (κ2) is 15.8. The molecule has 5 nitrogen and oxygen atoms in total. The van der Waals surface area contributed by atoms with Gasteiger partial charge in [-0.25, -0.2) is 9.13 Å². The van der Waals surface area contributed by atoms with Gasteiger partial charge >= 0.3 is 41.7 Å². The zero-order valence-corrected chi connectivity index (χ0v) is 34.0.